The molecule has 0 aromatic heterocycles. The quantitative estimate of drug-likeness (QED) is 0.875. The van der Waals surface area contributed by atoms with E-state index in [9.17, 15) is 0 Å². The van der Waals surface area contributed by atoms with E-state index in [-0.39, 0.29) is 12.1 Å². The van der Waals surface area contributed by atoms with E-state index >= 15 is 0 Å². The van der Waals surface area contributed by atoms with Crippen LogP contribution in [0.15, 0.2) is 48.5 Å². The van der Waals surface area contributed by atoms with Gasteiger partial charge in [-0.3, -0.25) is 0 Å². The number of benzene rings is 2. The second-order valence-electron chi connectivity index (χ2n) is 4.73. The molecule has 2 rings (SSSR count). The summed E-state index contributed by atoms with van der Waals surface area (Å²) in [6.07, 6.45) is -0.0953. The summed E-state index contributed by atoms with van der Waals surface area (Å²) in [6.45, 7) is 0. The van der Waals surface area contributed by atoms with Gasteiger partial charge in [0.25, 0.3) is 0 Å². The highest BCUT2D eigenvalue weighted by Crippen LogP contribution is 2.35. The molecule has 0 fully saturated rings. The molecule has 4 heteroatoms. The van der Waals surface area contributed by atoms with Gasteiger partial charge in [0.15, 0.2) is 0 Å². The number of hydrogen-bond acceptors (Lipinski definition) is 3. The average molecular weight is 306 g/mol. The van der Waals surface area contributed by atoms with Gasteiger partial charge >= 0.3 is 0 Å². The zero-order chi connectivity index (χ0) is 15.2. The van der Waals surface area contributed by atoms with Crippen LogP contribution >= 0.6 is 11.6 Å². The Morgan fingerprint density at radius 3 is 2.29 bits per heavy atom. The first-order chi connectivity index (χ1) is 10.2. The molecule has 0 aliphatic carbocycles. The van der Waals surface area contributed by atoms with Gasteiger partial charge < -0.3 is 14.8 Å². The molecule has 0 saturated carbocycles. The van der Waals surface area contributed by atoms with E-state index in [1.165, 1.54) is 0 Å². The van der Waals surface area contributed by atoms with Gasteiger partial charge in [-0.1, -0.05) is 48.0 Å². The monoisotopic (exact) mass is 305 g/mol. The van der Waals surface area contributed by atoms with Crippen molar-refractivity contribution in [1.82, 2.24) is 5.32 Å². The standard InChI is InChI=1S/C17H20ClNO2/c1-19-16(13-9-10-14(18)15(11-13)20-2)17(21-3)12-7-5-4-6-8-12/h4-11,16-17,19H,1-3H3. The third-order valence-electron chi connectivity index (χ3n) is 3.53. The molecule has 1 N–H and O–H groups in total. The minimum absolute atomic E-state index is 0.00330. The number of nitrogens with one attached hydrogen (secondary N) is 1. The molecule has 112 valence electrons. The first kappa shape index (κ1) is 15.8. The van der Waals surface area contributed by atoms with Crippen molar-refractivity contribution >= 4 is 11.6 Å². The number of halogens is 1. The lowest BCUT2D eigenvalue weighted by Gasteiger charge is -2.27. The van der Waals surface area contributed by atoms with E-state index in [1.807, 2.05) is 43.4 Å². The summed E-state index contributed by atoms with van der Waals surface area (Å²) < 4.78 is 11.0. The van der Waals surface area contributed by atoms with Crippen LogP contribution in [0.25, 0.3) is 0 Å². The van der Waals surface area contributed by atoms with Crippen molar-refractivity contribution in [2.75, 3.05) is 21.3 Å². The highest BCUT2D eigenvalue weighted by Gasteiger charge is 2.24. The van der Waals surface area contributed by atoms with Gasteiger partial charge in [0.05, 0.1) is 18.2 Å². The molecule has 0 bridgehead atoms. The predicted molar refractivity (Wildman–Crippen MR) is 86.0 cm³/mol. The lowest BCUT2D eigenvalue weighted by Crippen LogP contribution is -2.25. The second kappa shape index (κ2) is 7.46. The van der Waals surface area contributed by atoms with Crippen LogP contribution in [0.5, 0.6) is 5.75 Å². The summed E-state index contributed by atoms with van der Waals surface area (Å²) in [5.74, 6) is 0.664. The zero-order valence-electron chi connectivity index (χ0n) is 12.5. The maximum atomic E-state index is 6.10. The van der Waals surface area contributed by atoms with Crippen molar-refractivity contribution in [3.8, 4) is 5.75 Å². The predicted octanol–water partition coefficient (Wildman–Crippen LogP) is 4.00. The van der Waals surface area contributed by atoms with Crippen molar-refractivity contribution in [1.29, 1.82) is 0 Å². The van der Waals surface area contributed by atoms with Crippen molar-refractivity contribution in [2.45, 2.75) is 12.1 Å². The van der Waals surface area contributed by atoms with Crippen LogP contribution in [0.4, 0.5) is 0 Å². The Morgan fingerprint density at radius 2 is 1.71 bits per heavy atom. The van der Waals surface area contributed by atoms with Gasteiger partial charge in [0.1, 0.15) is 11.9 Å². The van der Waals surface area contributed by atoms with Crippen molar-refractivity contribution < 1.29 is 9.47 Å². The first-order valence-corrected chi connectivity index (χ1v) is 7.17. The number of rotatable bonds is 6. The molecule has 3 nitrogen and oxygen atoms in total. The maximum Gasteiger partial charge on any atom is 0.137 e. The van der Waals surface area contributed by atoms with Gasteiger partial charge in [-0.05, 0) is 30.3 Å². The van der Waals surface area contributed by atoms with Gasteiger partial charge in [-0.2, -0.15) is 0 Å². The molecule has 0 amide bonds. The topological polar surface area (TPSA) is 30.5 Å². The Balaban J connectivity index is 2.38. The SMILES string of the molecule is CNC(c1ccc(Cl)c(OC)c1)C(OC)c1ccccc1. The normalized spacial score (nSPS) is 13.7. The van der Waals surface area contributed by atoms with Crippen LogP contribution in [-0.4, -0.2) is 21.3 Å². The molecule has 0 radical (unpaired) electrons. The van der Waals surface area contributed by atoms with E-state index in [2.05, 4.69) is 17.4 Å². The van der Waals surface area contributed by atoms with E-state index in [1.54, 1.807) is 14.2 Å². The van der Waals surface area contributed by atoms with E-state index in [4.69, 9.17) is 21.1 Å². The molecule has 0 spiro atoms. The van der Waals surface area contributed by atoms with Crippen molar-refractivity contribution in [2.24, 2.45) is 0 Å². The summed E-state index contributed by atoms with van der Waals surface area (Å²) in [7, 11) is 5.25. The summed E-state index contributed by atoms with van der Waals surface area (Å²) in [5, 5.41) is 3.92. The molecule has 2 aromatic carbocycles. The Hall–Kier alpha value is -1.55. The van der Waals surface area contributed by atoms with Crippen LogP contribution in [0, 0.1) is 0 Å². The summed E-state index contributed by atoms with van der Waals surface area (Å²) >= 11 is 6.10. The molecule has 0 aliphatic heterocycles. The molecular weight excluding hydrogens is 286 g/mol. The number of ether oxygens (including phenoxy) is 2. The number of hydrogen-bond donors (Lipinski definition) is 1. The lowest BCUT2D eigenvalue weighted by molar-refractivity contribution is 0.0701. The fraction of sp³-hybridized carbons (Fsp3) is 0.294. The largest absolute Gasteiger partial charge is 0.495 e. The molecule has 21 heavy (non-hydrogen) atoms. The van der Waals surface area contributed by atoms with Gasteiger partial charge in [0, 0.05) is 7.11 Å². The van der Waals surface area contributed by atoms with Crippen molar-refractivity contribution in [3.05, 3.63) is 64.7 Å². The Bertz CT molecular complexity index is 574. The van der Waals surface area contributed by atoms with Crippen LogP contribution in [0.2, 0.25) is 5.02 Å². The van der Waals surface area contributed by atoms with Gasteiger partial charge in [-0.25, -0.2) is 0 Å². The lowest BCUT2D eigenvalue weighted by atomic mass is 9.95. The minimum atomic E-state index is -0.0953. The van der Waals surface area contributed by atoms with E-state index in [0.29, 0.717) is 10.8 Å². The fourth-order valence-electron chi connectivity index (χ4n) is 2.47. The first-order valence-electron chi connectivity index (χ1n) is 6.79. The number of methoxy groups -OCH3 is 2. The van der Waals surface area contributed by atoms with Gasteiger partial charge in [-0.15, -0.1) is 0 Å². The Kier molecular flexibility index (Phi) is 5.62. The Morgan fingerprint density at radius 1 is 1.00 bits per heavy atom. The van der Waals surface area contributed by atoms with Crippen LogP contribution < -0.4 is 10.1 Å². The van der Waals surface area contributed by atoms with Crippen LogP contribution in [-0.2, 0) is 4.74 Å². The molecule has 0 saturated heterocycles. The second-order valence-corrected chi connectivity index (χ2v) is 5.13. The summed E-state index contributed by atoms with van der Waals surface area (Å²) in [4.78, 5) is 0. The van der Waals surface area contributed by atoms with Gasteiger partial charge in [0.2, 0.25) is 0 Å². The summed E-state index contributed by atoms with van der Waals surface area (Å²) in [5.41, 5.74) is 2.18. The molecule has 2 unspecified atom stereocenters. The molecular formula is C17H20ClNO2. The van der Waals surface area contributed by atoms with Crippen molar-refractivity contribution in [3.63, 3.8) is 0 Å². The number of likely N-dealkylation sites (N-methyl/N-ethyl adjacent to an activating group) is 1. The summed E-state index contributed by atoms with van der Waals surface area (Å²) in [6, 6.07) is 15.9. The fourth-order valence-corrected chi connectivity index (χ4v) is 2.66. The molecule has 0 aliphatic rings. The minimum Gasteiger partial charge on any atom is -0.495 e. The smallest absolute Gasteiger partial charge is 0.137 e. The van der Waals surface area contributed by atoms with E-state index in [0.717, 1.165) is 11.1 Å². The molecule has 2 aromatic rings. The van der Waals surface area contributed by atoms with Crippen LogP contribution in [0.3, 0.4) is 0 Å². The Labute approximate surface area is 130 Å². The zero-order valence-corrected chi connectivity index (χ0v) is 13.2. The average Bonchev–Trinajstić information content (AvgIpc) is 2.54. The third kappa shape index (κ3) is 3.56. The third-order valence-corrected chi connectivity index (χ3v) is 3.84. The van der Waals surface area contributed by atoms with E-state index < -0.39 is 0 Å². The highest BCUT2D eigenvalue weighted by atomic mass is 35.5. The maximum absolute atomic E-state index is 6.10. The van der Waals surface area contributed by atoms with Crippen LogP contribution in [0.1, 0.15) is 23.3 Å². The molecule has 0 heterocycles. The molecule has 2 atom stereocenters. The highest BCUT2D eigenvalue weighted by molar-refractivity contribution is 6.32.